The maximum absolute atomic E-state index is 15.0. The number of ether oxygens (including phenoxy) is 2. The summed E-state index contributed by atoms with van der Waals surface area (Å²) in [5.41, 5.74) is 1.33. The van der Waals surface area contributed by atoms with Gasteiger partial charge in [-0.25, -0.2) is 14.4 Å². The molecule has 0 aliphatic heterocycles. The Morgan fingerprint density at radius 1 is 1.20 bits per heavy atom. The van der Waals surface area contributed by atoms with E-state index in [-0.39, 0.29) is 39.7 Å². The SMILES string of the molecule is COc1nnc(NC(=O)C(F)(F)F)c2c(-c3ccc(Oc4nccc(C)n4)c(F)c3)c(Br)n(C)c12. The largest absolute Gasteiger partial charge is 0.478 e. The standard InChI is InChI=1S/C21H15BrF4N6O3/c1-9-6-7-27-20(28-9)35-12-5-4-10(8-11(12)23)13-14-15(32(2)16(13)22)18(34-3)31-30-17(14)29-19(33)21(24,25)26/h4-8H,1-3H3,(H,29,30,33). The molecule has 9 nitrogen and oxygen atoms in total. The van der Waals surface area contributed by atoms with Gasteiger partial charge in [0.25, 0.3) is 5.88 Å². The Morgan fingerprint density at radius 2 is 1.94 bits per heavy atom. The van der Waals surface area contributed by atoms with Crippen LogP contribution in [0.15, 0.2) is 35.1 Å². The average Bonchev–Trinajstić information content (AvgIpc) is 3.06. The van der Waals surface area contributed by atoms with Gasteiger partial charge in [0.2, 0.25) is 0 Å². The molecular formula is C21H15BrF4N6O3. The first-order valence-electron chi connectivity index (χ1n) is 9.75. The summed E-state index contributed by atoms with van der Waals surface area (Å²) >= 11 is 3.38. The Labute approximate surface area is 203 Å². The van der Waals surface area contributed by atoms with Gasteiger partial charge >= 0.3 is 18.1 Å². The van der Waals surface area contributed by atoms with E-state index >= 15 is 0 Å². The highest BCUT2D eigenvalue weighted by Gasteiger charge is 2.40. The summed E-state index contributed by atoms with van der Waals surface area (Å²) in [5.74, 6) is -3.69. The minimum absolute atomic E-state index is 0.0171. The third-order valence-corrected chi connectivity index (χ3v) is 5.81. The van der Waals surface area contributed by atoms with Crippen molar-refractivity contribution in [3.63, 3.8) is 0 Å². The number of aromatic nitrogens is 5. The molecule has 1 amide bonds. The van der Waals surface area contributed by atoms with E-state index in [0.717, 1.165) is 6.07 Å². The van der Waals surface area contributed by atoms with Gasteiger partial charge in [0, 0.05) is 24.5 Å². The zero-order chi connectivity index (χ0) is 25.5. The number of hydrogen-bond acceptors (Lipinski definition) is 7. The number of aryl methyl sites for hydroxylation is 2. The maximum Gasteiger partial charge on any atom is 0.471 e. The molecule has 0 radical (unpaired) electrons. The molecule has 14 heteroatoms. The van der Waals surface area contributed by atoms with Crippen LogP contribution in [0.5, 0.6) is 17.6 Å². The summed E-state index contributed by atoms with van der Waals surface area (Å²) in [5, 5.41) is 9.23. The molecule has 0 saturated carbocycles. The number of hydrogen-bond donors (Lipinski definition) is 1. The number of fused-ring (bicyclic) bond motifs is 1. The lowest BCUT2D eigenvalue weighted by atomic mass is 10.0. The van der Waals surface area contributed by atoms with Crippen molar-refractivity contribution in [3.8, 4) is 28.8 Å². The van der Waals surface area contributed by atoms with E-state index < -0.39 is 23.7 Å². The Kier molecular flexibility index (Phi) is 6.32. The van der Waals surface area contributed by atoms with E-state index in [4.69, 9.17) is 9.47 Å². The fourth-order valence-corrected chi connectivity index (χ4v) is 3.91. The van der Waals surface area contributed by atoms with Crippen LogP contribution in [0.4, 0.5) is 23.4 Å². The number of halogens is 5. The van der Waals surface area contributed by atoms with Gasteiger partial charge in [0.05, 0.1) is 17.1 Å². The zero-order valence-corrected chi connectivity index (χ0v) is 19.8. The Morgan fingerprint density at radius 3 is 2.57 bits per heavy atom. The predicted octanol–water partition coefficient (Wildman–Crippen LogP) is 4.94. The monoisotopic (exact) mass is 554 g/mol. The van der Waals surface area contributed by atoms with Crippen LogP contribution in [-0.4, -0.2) is 43.9 Å². The lowest BCUT2D eigenvalue weighted by Crippen LogP contribution is -2.30. The van der Waals surface area contributed by atoms with E-state index in [9.17, 15) is 22.4 Å². The van der Waals surface area contributed by atoms with E-state index in [2.05, 4.69) is 36.1 Å². The van der Waals surface area contributed by atoms with Crippen molar-refractivity contribution in [3.05, 3.63) is 46.6 Å². The molecule has 0 atom stereocenters. The molecule has 3 aromatic heterocycles. The van der Waals surface area contributed by atoms with Crippen molar-refractivity contribution in [1.82, 2.24) is 24.7 Å². The van der Waals surface area contributed by atoms with Gasteiger partial charge in [-0.3, -0.25) is 4.79 Å². The van der Waals surface area contributed by atoms with E-state index in [1.165, 1.54) is 30.0 Å². The normalized spacial score (nSPS) is 11.5. The molecule has 3 heterocycles. The molecule has 4 aromatic rings. The van der Waals surface area contributed by atoms with Crippen LogP contribution in [0, 0.1) is 12.7 Å². The van der Waals surface area contributed by atoms with Crippen molar-refractivity contribution in [2.75, 3.05) is 12.4 Å². The fourth-order valence-electron chi connectivity index (χ4n) is 3.31. The van der Waals surface area contributed by atoms with Gasteiger partial charge in [-0.2, -0.15) is 13.2 Å². The molecule has 0 spiro atoms. The minimum atomic E-state index is -5.16. The van der Waals surface area contributed by atoms with Crippen LogP contribution >= 0.6 is 15.9 Å². The predicted molar refractivity (Wildman–Crippen MR) is 120 cm³/mol. The van der Waals surface area contributed by atoms with Gasteiger partial charge in [-0.05, 0) is 46.6 Å². The van der Waals surface area contributed by atoms with Crippen LogP contribution in [0.3, 0.4) is 0 Å². The topological polar surface area (TPSA) is 104 Å². The van der Waals surface area contributed by atoms with Crippen LogP contribution in [0.25, 0.3) is 22.0 Å². The number of carbonyl (C=O) groups is 1. The number of amides is 1. The summed E-state index contributed by atoms with van der Waals surface area (Å²) in [7, 11) is 2.88. The number of benzene rings is 1. The highest BCUT2D eigenvalue weighted by molar-refractivity contribution is 9.10. The van der Waals surface area contributed by atoms with Crippen LogP contribution in [-0.2, 0) is 11.8 Å². The number of rotatable bonds is 5. The fraction of sp³-hybridized carbons (Fsp3) is 0.190. The second-order valence-corrected chi connectivity index (χ2v) is 7.94. The zero-order valence-electron chi connectivity index (χ0n) is 18.2. The number of methoxy groups -OCH3 is 1. The molecule has 4 rings (SSSR count). The van der Waals surface area contributed by atoms with E-state index in [0.29, 0.717) is 10.3 Å². The van der Waals surface area contributed by atoms with Crippen LogP contribution in [0.2, 0.25) is 0 Å². The molecule has 35 heavy (non-hydrogen) atoms. The smallest absolute Gasteiger partial charge is 0.471 e. The van der Waals surface area contributed by atoms with Crippen molar-refractivity contribution in [1.29, 1.82) is 0 Å². The van der Waals surface area contributed by atoms with Gasteiger partial charge in [0.1, 0.15) is 5.52 Å². The van der Waals surface area contributed by atoms with Crippen molar-refractivity contribution >= 4 is 38.6 Å². The quantitative estimate of drug-likeness (QED) is 0.348. The average molecular weight is 555 g/mol. The summed E-state index contributed by atoms with van der Waals surface area (Å²) < 4.78 is 66.2. The first kappa shape index (κ1) is 24.3. The van der Waals surface area contributed by atoms with Crippen LogP contribution in [0.1, 0.15) is 5.69 Å². The lowest BCUT2D eigenvalue weighted by molar-refractivity contribution is -0.167. The molecule has 182 valence electrons. The molecular weight excluding hydrogens is 540 g/mol. The molecule has 0 fully saturated rings. The molecule has 0 aliphatic carbocycles. The molecule has 0 saturated heterocycles. The minimum Gasteiger partial charge on any atom is -0.478 e. The molecule has 1 N–H and O–H groups in total. The summed E-state index contributed by atoms with van der Waals surface area (Å²) in [4.78, 5) is 19.6. The number of alkyl halides is 3. The van der Waals surface area contributed by atoms with E-state index in [1.54, 1.807) is 25.4 Å². The molecule has 0 bridgehead atoms. The van der Waals surface area contributed by atoms with Gasteiger partial charge in [0.15, 0.2) is 17.4 Å². The Hall–Kier alpha value is -3.81. The second kappa shape index (κ2) is 9.09. The Balaban J connectivity index is 1.86. The third kappa shape index (κ3) is 4.60. The van der Waals surface area contributed by atoms with E-state index in [1.807, 2.05) is 0 Å². The number of nitrogens with one attached hydrogen (secondary N) is 1. The van der Waals surface area contributed by atoms with Crippen molar-refractivity contribution in [2.45, 2.75) is 13.1 Å². The second-order valence-electron chi connectivity index (χ2n) is 7.19. The van der Waals surface area contributed by atoms with Crippen molar-refractivity contribution in [2.24, 2.45) is 7.05 Å². The van der Waals surface area contributed by atoms with Crippen LogP contribution < -0.4 is 14.8 Å². The summed E-state index contributed by atoms with van der Waals surface area (Å²) in [6.07, 6.45) is -3.70. The first-order chi connectivity index (χ1) is 16.5. The molecule has 1 aromatic carbocycles. The first-order valence-corrected chi connectivity index (χ1v) is 10.5. The molecule has 0 unspecified atom stereocenters. The summed E-state index contributed by atoms with van der Waals surface area (Å²) in [6, 6.07) is 5.52. The lowest BCUT2D eigenvalue weighted by Gasteiger charge is -2.11. The van der Waals surface area contributed by atoms with Gasteiger partial charge in [-0.1, -0.05) is 6.07 Å². The maximum atomic E-state index is 15.0. The summed E-state index contributed by atoms with van der Waals surface area (Å²) in [6.45, 7) is 1.72. The molecule has 0 aliphatic rings. The van der Waals surface area contributed by atoms with Gasteiger partial charge < -0.3 is 19.4 Å². The Bertz CT molecular complexity index is 1460. The highest BCUT2D eigenvalue weighted by Crippen LogP contribution is 2.44. The number of anilines is 1. The highest BCUT2D eigenvalue weighted by atomic mass is 79.9. The van der Waals surface area contributed by atoms with Crippen molar-refractivity contribution < 1.29 is 31.8 Å². The third-order valence-electron chi connectivity index (χ3n) is 4.88. The number of carbonyl (C=O) groups excluding carboxylic acids is 1. The number of nitrogens with zero attached hydrogens (tertiary/aromatic N) is 5. The van der Waals surface area contributed by atoms with Gasteiger partial charge in [-0.15, -0.1) is 10.2 Å².